The minimum absolute atomic E-state index is 0.258. The second-order valence-electron chi connectivity index (χ2n) is 4.11. The van der Waals surface area contributed by atoms with Crippen molar-refractivity contribution in [2.24, 2.45) is 0 Å². The van der Waals surface area contributed by atoms with E-state index < -0.39 is 0 Å². The Morgan fingerprint density at radius 1 is 1.44 bits per heavy atom. The van der Waals surface area contributed by atoms with Crippen molar-refractivity contribution in [1.29, 1.82) is 5.26 Å². The molecule has 1 nitrogen and oxygen atoms in total. The average molecular weight is 235 g/mol. The van der Waals surface area contributed by atoms with E-state index >= 15 is 0 Å². The first kappa shape index (κ1) is 11.5. The van der Waals surface area contributed by atoms with Crippen molar-refractivity contribution in [3.63, 3.8) is 0 Å². The molecule has 1 saturated carbocycles. The number of alkyl halides is 1. The van der Waals surface area contributed by atoms with Crippen molar-refractivity contribution < 1.29 is 4.39 Å². The molecule has 0 atom stereocenters. The van der Waals surface area contributed by atoms with Crippen LogP contribution in [0, 0.1) is 11.3 Å². The lowest BCUT2D eigenvalue weighted by Gasteiger charge is -2.35. The monoisotopic (exact) mass is 235 g/mol. The Kier molecular flexibility index (Phi) is 3.50. The van der Waals surface area contributed by atoms with Crippen LogP contribution < -0.4 is 0 Å². The number of halogens is 1. The van der Waals surface area contributed by atoms with E-state index in [1.807, 2.05) is 24.3 Å². The summed E-state index contributed by atoms with van der Waals surface area (Å²) in [5.74, 6) is 0.489. The maximum Gasteiger partial charge on any atom is 0.0988 e. The van der Waals surface area contributed by atoms with Crippen LogP contribution in [0.2, 0.25) is 0 Å². The summed E-state index contributed by atoms with van der Waals surface area (Å²) in [7, 11) is 0. The number of rotatable bonds is 4. The molecule has 0 radical (unpaired) electrons. The Balaban J connectivity index is 2.19. The Bertz CT molecular complexity index is 407. The van der Waals surface area contributed by atoms with E-state index in [0.29, 0.717) is 5.75 Å². The van der Waals surface area contributed by atoms with Crippen molar-refractivity contribution in [2.45, 2.75) is 29.6 Å². The van der Waals surface area contributed by atoms with Gasteiger partial charge in [-0.3, -0.25) is 4.39 Å². The predicted octanol–water partition coefficient (Wildman–Crippen LogP) is 3.69. The van der Waals surface area contributed by atoms with E-state index in [2.05, 4.69) is 6.07 Å². The predicted molar refractivity (Wildman–Crippen MR) is 64.3 cm³/mol. The molecule has 0 spiro atoms. The van der Waals surface area contributed by atoms with Gasteiger partial charge in [-0.1, -0.05) is 12.1 Å². The molecule has 1 aromatic rings. The van der Waals surface area contributed by atoms with Gasteiger partial charge >= 0.3 is 0 Å². The van der Waals surface area contributed by atoms with Gasteiger partial charge < -0.3 is 0 Å². The first-order valence-electron chi connectivity index (χ1n) is 5.51. The van der Waals surface area contributed by atoms with Crippen LogP contribution in [-0.2, 0) is 5.41 Å². The van der Waals surface area contributed by atoms with Gasteiger partial charge in [0.05, 0.1) is 18.2 Å². The molecular formula is C13H14FNS. The van der Waals surface area contributed by atoms with Crippen LogP contribution in [0.5, 0.6) is 0 Å². The molecule has 0 aromatic heterocycles. The minimum atomic E-state index is -0.307. The summed E-state index contributed by atoms with van der Waals surface area (Å²) in [6, 6.07) is 10.4. The average Bonchev–Trinajstić information content (AvgIpc) is 2.26. The number of nitriles is 1. The van der Waals surface area contributed by atoms with Crippen LogP contribution in [0.25, 0.3) is 0 Å². The summed E-state index contributed by atoms with van der Waals surface area (Å²) in [5.41, 5.74) is 0.844. The lowest BCUT2D eigenvalue weighted by atomic mass is 9.66. The molecule has 84 valence electrons. The standard InChI is InChI=1S/C13H14FNS/c14-7-8-16-12-4-1-3-11(9-12)13(10-15)5-2-6-13/h1,3-4,9H,2,5-8H2. The zero-order valence-corrected chi connectivity index (χ0v) is 9.89. The van der Waals surface area contributed by atoms with Gasteiger partial charge in [-0.15, -0.1) is 11.8 Å². The van der Waals surface area contributed by atoms with Gasteiger partial charge in [0.15, 0.2) is 0 Å². The zero-order valence-electron chi connectivity index (χ0n) is 9.08. The van der Waals surface area contributed by atoms with Gasteiger partial charge in [-0.05, 0) is 37.0 Å². The SMILES string of the molecule is N#CC1(c2cccc(SCCF)c2)CCC1. The third-order valence-corrected chi connectivity index (χ3v) is 4.10. The largest absolute Gasteiger partial charge is 0.250 e. The fourth-order valence-electron chi connectivity index (χ4n) is 2.04. The lowest BCUT2D eigenvalue weighted by molar-refractivity contribution is 0.323. The van der Waals surface area contributed by atoms with Gasteiger partial charge in [0, 0.05) is 10.6 Å². The molecule has 1 fully saturated rings. The van der Waals surface area contributed by atoms with Gasteiger partial charge in [-0.25, -0.2) is 0 Å². The number of hydrogen-bond acceptors (Lipinski definition) is 2. The highest BCUT2D eigenvalue weighted by molar-refractivity contribution is 7.99. The maximum absolute atomic E-state index is 12.1. The van der Waals surface area contributed by atoms with E-state index in [-0.39, 0.29) is 12.1 Å². The highest BCUT2D eigenvalue weighted by Gasteiger charge is 2.38. The number of benzene rings is 1. The molecule has 1 aliphatic carbocycles. The molecule has 16 heavy (non-hydrogen) atoms. The molecule has 0 amide bonds. The Hall–Kier alpha value is -1.01. The summed E-state index contributed by atoms with van der Waals surface area (Å²) in [4.78, 5) is 1.07. The van der Waals surface area contributed by atoms with Crippen molar-refractivity contribution in [2.75, 3.05) is 12.4 Å². The van der Waals surface area contributed by atoms with Crippen LogP contribution >= 0.6 is 11.8 Å². The van der Waals surface area contributed by atoms with Crippen LogP contribution in [0.3, 0.4) is 0 Å². The van der Waals surface area contributed by atoms with Gasteiger partial charge in [0.2, 0.25) is 0 Å². The lowest BCUT2D eigenvalue weighted by Crippen LogP contribution is -2.32. The Morgan fingerprint density at radius 2 is 2.25 bits per heavy atom. The van der Waals surface area contributed by atoms with Gasteiger partial charge in [0.1, 0.15) is 0 Å². The molecule has 2 rings (SSSR count). The van der Waals surface area contributed by atoms with E-state index in [4.69, 9.17) is 0 Å². The zero-order chi connectivity index (χ0) is 11.4. The number of thioether (sulfide) groups is 1. The molecule has 0 N–H and O–H groups in total. The number of nitrogens with zero attached hydrogens (tertiary/aromatic N) is 1. The highest BCUT2D eigenvalue weighted by Crippen LogP contribution is 2.43. The van der Waals surface area contributed by atoms with Gasteiger partial charge in [-0.2, -0.15) is 5.26 Å². The third-order valence-electron chi connectivity index (χ3n) is 3.15. The second kappa shape index (κ2) is 4.88. The second-order valence-corrected chi connectivity index (χ2v) is 5.28. The summed E-state index contributed by atoms with van der Waals surface area (Å²) in [5, 5.41) is 9.24. The fraction of sp³-hybridized carbons (Fsp3) is 0.462. The quantitative estimate of drug-likeness (QED) is 0.743. The third kappa shape index (κ3) is 2.08. The van der Waals surface area contributed by atoms with E-state index in [0.717, 1.165) is 29.7 Å². The first-order valence-corrected chi connectivity index (χ1v) is 6.50. The normalized spacial score (nSPS) is 17.5. The molecule has 1 aliphatic rings. The molecule has 1 aromatic carbocycles. The van der Waals surface area contributed by atoms with E-state index in [1.54, 1.807) is 0 Å². The molecule has 3 heteroatoms. The van der Waals surface area contributed by atoms with Crippen molar-refractivity contribution >= 4 is 11.8 Å². The molecule has 0 bridgehead atoms. The molecule has 0 aliphatic heterocycles. The molecule has 0 unspecified atom stereocenters. The van der Waals surface area contributed by atoms with Crippen molar-refractivity contribution in [3.05, 3.63) is 29.8 Å². The smallest absolute Gasteiger partial charge is 0.0988 e. The van der Waals surface area contributed by atoms with Crippen LogP contribution in [0.1, 0.15) is 24.8 Å². The molecule has 0 heterocycles. The van der Waals surface area contributed by atoms with Crippen LogP contribution in [0.4, 0.5) is 4.39 Å². The van der Waals surface area contributed by atoms with Crippen molar-refractivity contribution in [3.8, 4) is 6.07 Å². The van der Waals surface area contributed by atoms with Crippen LogP contribution in [-0.4, -0.2) is 12.4 Å². The molecular weight excluding hydrogens is 221 g/mol. The maximum atomic E-state index is 12.1. The summed E-state index contributed by atoms with van der Waals surface area (Å²) >= 11 is 1.51. The number of hydrogen-bond donors (Lipinski definition) is 0. The van der Waals surface area contributed by atoms with E-state index in [9.17, 15) is 9.65 Å². The van der Waals surface area contributed by atoms with Crippen LogP contribution in [0.15, 0.2) is 29.2 Å². The summed E-state index contributed by atoms with van der Waals surface area (Å²) in [6.45, 7) is -0.307. The molecule has 0 saturated heterocycles. The summed E-state index contributed by atoms with van der Waals surface area (Å²) < 4.78 is 12.1. The van der Waals surface area contributed by atoms with Gasteiger partial charge in [0.25, 0.3) is 0 Å². The highest BCUT2D eigenvalue weighted by atomic mass is 32.2. The van der Waals surface area contributed by atoms with E-state index in [1.165, 1.54) is 11.8 Å². The minimum Gasteiger partial charge on any atom is -0.250 e. The fourth-order valence-corrected chi connectivity index (χ4v) is 2.73. The summed E-state index contributed by atoms with van der Waals surface area (Å²) in [6.07, 6.45) is 3.05. The topological polar surface area (TPSA) is 23.8 Å². The first-order chi connectivity index (χ1) is 7.80. The Morgan fingerprint density at radius 3 is 2.81 bits per heavy atom. The Labute approximate surface area is 99.7 Å². The van der Waals surface area contributed by atoms with Crippen molar-refractivity contribution in [1.82, 2.24) is 0 Å².